The van der Waals surface area contributed by atoms with E-state index in [1.54, 1.807) is 4.31 Å². The summed E-state index contributed by atoms with van der Waals surface area (Å²) in [4.78, 5) is 4.82. The highest BCUT2D eigenvalue weighted by Crippen LogP contribution is 2.22. The van der Waals surface area contributed by atoms with E-state index >= 15 is 0 Å². The standard InChI is InChI=1S/C16H31N3O2S/c20-22(21,14-13-17-8-3-4-9-17)19-12-2-1-7-16(15-19)18-10-5-6-11-18/h16H,1-15H2/t16-/m1/s1. The molecule has 0 unspecified atom stereocenters. The number of sulfonamides is 1. The van der Waals surface area contributed by atoms with Crippen LogP contribution in [0.3, 0.4) is 0 Å². The number of hydrogen-bond donors (Lipinski definition) is 0. The zero-order valence-electron chi connectivity index (χ0n) is 13.8. The lowest BCUT2D eigenvalue weighted by Gasteiger charge is -2.30. The zero-order valence-corrected chi connectivity index (χ0v) is 14.6. The summed E-state index contributed by atoms with van der Waals surface area (Å²) in [6.45, 7) is 6.64. The number of rotatable bonds is 5. The molecule has 22 heavy (non-hydrogen) atoms. The van der Waals surface area contributed by atoms with Gasteiger partial charge in [0.2, 0.25) is 10.0 Å². The summed E-state index contributed by atoms with van der Waals surface area (Å²) in [7, 11) is -3.09. The average molecular weight is 330 g/mol. The highest BCUT2D eigenvalue weighted by Gasteiger charge is 2.31. The summed E-state index contributed by atoms with van der Waals surface area (Å²) < 4.78 is 27.3. The van der Waals surface area contributed by atoms with Gasteiger partial charge in [-0.25, -0.2) is 12.7 Å². The molecule has 1 atom stereocenters. The van der Waals surface area contributed by atoms with Crippen LogP contribution in [-0.4, -0.2) is 80.1 Å². The Hall–Kier alpha value is -0.170. The molecular formula is C16H31N3O2S. The smallest absolute Gasteiger partial charge is 0.215 e. The van der Waals surface area contributed by atoms with Crippen LogP contribution < -0.4 is 0 Å². The summed E-state index contributed by atoms with van der Waals surface area (Å²) in [5, 5.41) is 0. The topological polar surface area (TPSA) is 43.9 Å². The maximum Gasteiger partial charge on any atom is 0.215 e. The first-order chi connectivity index (χ1) is 10.6. The minimum atomic E-state index is -3.09. The lowest BCUT2D eigenvalue weighted by molar-refractivity contribution is 0.208. The predicted octanol–water partition coefficient (Wildman–Crippen LogP) is 1.36. The highest BCUT2D eigenvalue weighted by molar-refractivity contribution is 7.89. The van der Waals surface area contributed by atoms with Crippen LogP contribution in [0.25, 0.3) is 0 Å². The van der Waals surface area contributed by atoms with Gasteiger partial charge >= 0.3 is 0 Å². The summed E-state index contributed by atoms with van der Waals surface area (Å²) in [6, 6.07) is 0.451. The first kappa shape index (κ1) is 16.7. The largest absolute Gasteiger partial charge is 0.302 e. The van der Waals surface area contributed by atoms with E-state index in [0.29, 0.717) is 18.3 Å². The molecule has 0 aromatic heterocycles. The van der Waals surface area contributed by atoms with Crippen molar-refractivity contribution in [1.82, 2.24) is 14.1 Å². The van der Waals surface area contributed by atoms with Gasteiger partial charge in [-0.15, -0.1) is 0 Å². The van der Waals surface area contributed by atoms with Crippen LogP contribution >= 0.6 is 0 Å². The van der Waals surface area contributed by atoms with Crippen molar-refractivity contribution in [2.24, 2.45) is 0 Å². The minimum Gasteiger partial charge on any atom is -0.302 e. The van der Waals surface area contributed by atoms with Crippen molar-refractivity contribution in [2.45, 2.75) is 51.0 Å². The van der Waals surface area contributed by atoms with E-state index in [1.165, 1.54) is 32.1 Å². The highest BCUT2D eigenvalue weighted by atomic mass is 32.2. The van der Waals surface area contributed by atoms with Crippen LogP contribution in [0.1, 0.15) is 44.9 Å². The second kappa shape index (κ2) is 7.60. The van der Waals surface area contributed by atoms with Crippen molar-refractivity contribution in [3.63, 3.8) is 0 Å². The molecule has 0 N–H and O–H groups in total. The van der Waals surface area contributed by atoms with Gasteiger partial charge in [-0.3, -0.25) is 4.90 Å². The first-order valence-electron chi connectivity index (χ1n) is 9.09. The Morgan fingerprint density at radius 3 is 2.18 bits per heavy atom. The van der Waals surface area contributed by atoms with Crippen molar-refractivity contribution in [1.29, 1.82) is 0 Å². The average Bonchev–Trinajstić information content (AvgIpc) is 3.15. The molecule has 128 valence electrons. The fourth-order valence-corrected chi connectivity index (χ4v) is 5.68. The Morgan fingerprint density at radius 2 is 1.45 bits per heavy atom. The van der Waals surface area contributed by atoms with E-state index in [9.17, 15) is 8.42 Å². The van der Waals surface area contributed by atoms with Crippen LogP contribution in [0.15, 0.2) is 0 Å². The number of hydrogen-bond acceptors (Lipinski definition) is 4. The number of likely N-dealkylation sites (tertiary alicyclic amines) is 2. The first-order valence-corrected chi connectivity index (χ1v) is 10.7. The molecule has 0 radical (unpaired) electrons. The minimum absolute atomic E-state index is 0.305. The van der Waals surface area contributed by atoms with Crippen molar-refractivity contribution in [3.8, 4) is 0 Å². The van der Waals surface area contributed by atoms with E-state index in [1.807, 2.05) is 0 Å². The normalized spacial score (nSPS) is 29.9. The van der Waals surface area contributed by atoms with E-state index in [-0.39, 0.29) is 0 Å². The van der Waals surface area contributed by atoms with E-state index in [0.717, 1.165) is 52.1 Å². The maximum absolute atomic E-state index is 12.7. The SMILES string of the molecule is O=S(=O)(CCN1CCCC1)N1CCCC[C@@H](N2CCCC2)C1. The van der Waals surface area contributed by atoms with E-state index in [4.69, 9.17) is 0 Å². The molecule has 6 heteroatoms. The molecule has 0 aliphatic carbocycles. The van der Waals surface area contributed by atoms with Crippen LogP contribution in [-0.2, 0) is 10.0 Å². The molecule has 0 aromatic carbocycles. The zero-order chi connectivity index (χ0) is 15.4. The molecule has 0 bridgehead atoms. The molecular weight excluding hydrogens is 298 g/mol. The van der Waals surface area contributed by atoms with Crippen LogP contribution in [0, 0.1) is 0 Å². The predicted molar refractivity (Wildman–Crippen MR) is 89.5 cm³/mol. The van der Waals surface area contributed by atoms with Crippen LogP contribution in [0.5, 0.6) is 0 Å². The third-order valence-corrected chi connectivity index (χ3v) is 7.34. The fourth-order valence-electron chi connectivity index (χ4n) is 4.12. The molecule has 3 aliphatic heterocycles. The molecule has 0 spiro atoms. The molecule has 0 amide bonds. The van der Waals surface area contributed by atoms with Crippen LogP contribution in [0.2, 0.25) is 0 Å². The summed E-state index contributed by atoms with van der Waals surface area (Å²) in [6.07, 6.45) is 8.35. The number of nitrogens with zero attached hydrogens (tertiary/aromatic N) is 3. The molecule has 3 rings (SSSR count). The molecule has 5 nitrogen and oxygen atoms in total. The van der Waals surface area contributed by atoms with E-state index in [2.05, 4.69) is 9.80 Å². The Bertz CT molecular complexity index is 442. The molecule has 3 saturated heterocycles. The lowest BCUT2D eigenvalue weighted by atomic mass is 10.1. The monoisotopic (exact) mass is 329 g/mol. The van der Waals surface area contributed by atoms with Gasteiger partial charge in [0.25, 0.3) is 0 Å². The third-order valence-electron chi connectivity index (χ3n) is 5.52. The Morgan fingerprint density at radius 1 is 0.818 bits per heavy atom. The van der Waals surface area contributed by atoms with Crippen molar-refractivity contribution < 1.29 is 8.42 Å². The molecule has 0 aromatic rings. The Balaban J connectivity index is 1.57. The third kappa shape index (κ3) is 4.22. The van der Waals surface area contributed by atoms with Gasteiger partial charge in [-0.05, 0) is 64.7 Å². The van der Waals surface area contributed by atoms with Crippen molar-refractivity contribution in [2.75, 3.05) is 51.6 Å². The van der Waals surface area contributed by atoms with E-state index < -0.39 is 10.0 Å². The molecule has 0 saturated carbocycles. The molecule has 3 heterocycles. The van der Waals surface area contributed by atoms with Gasteiger partial charge in [0, 0.05) is 25.7 Å². The molecule has 3 fully saturated rings. The lowest BCUT2D eigenvalue weighted by Crippen LogP contribution is -2.45. The quantitative estimate of drug-likeness (QED) is 0.764. The van der Waals surface area contributed by atoms with Crippen molar-refractivity contribution >= 4 is 10.0 Å². The second-order valence-corrected chi connectivity index (χ2v) is 9.20. The maximum atomic E-state index is 12.7. The van der Waals surface area contributed by atoms with Gasteiger partial charge < -0.3 is 4.90 Å². The summed E-state index contributed by atoms with van der Waals surface area (Å²) in [5.41, 5.74) is 0. The Labute approximate surface area is 135 Å². The fraction of sp³-hybridized carbons (Fsp3) is 1.00. The van der Waals surface area contributed by atoms with Gasteiger partial charge in [-0.1, -0.05) is 6.42 Å². The van der Waals surface area contributed by atoms with Gasteiger partial charge in [0.1, 0.15) is 0 Å². The molecule has 3 aliphatic rings. The summed E-state index contributed by atoms with van der Waals surface area (Å²) >= 11 is 0. The second-order valence-electron chi connectivity index (χ2n) is 7.12. The van der Waals surface area contributed by atoms with Gasteiger partial charge in [-0.2, -0.15) is 0 Å². The van der Waals surface area contributed by atoms with Gasteiger partial charge in [0.15, 0.2) is 0 Å². The van der Waals surface area contributed by atoms with Crippen LogP contribution in [0.4, 0.5) is 0 Å². The van der Waals surface area contributed by atoms with Crippen molar-refractivity contribution in [3.05, 3.63) is 0 Å². The Kier molecular flexibility index (Phi) is 5.76. The summed E-state index contributed by atoms with van der Waals surface area (Å²) in [5.74, 6) is 0.305. The van der Waals surface area contributed by atoms with Gasteiger partial charge in [0.05, 0.1) is 5.75 Å².